The Balaban J connectivity index is 2.41. The van der Waals surface area contributed by atoms with Gasteiger partial charge >= 0.3 is 73.7 Å². The molecule has 10 heavy (non-hydrogen) atoms. The van der Waals surface area contributed by atoms with Gasteiger partial charge in [0.05, 0.1) is 0 Å². The van der Waals surface area contributed by atoms with Gasteiger partial charge in [-0.1, -0.05) is 0 Å². The second-order valence-electron chi connectivity index (χ2n) is 3.77. The van der Waals surface area contributed by atoms with Crippen LogP contribution in [0.15, 0.2) is 0 Å². The summed E-state index contributed by atoms with van der Waals surface area (Å²) in [6.07, 6.45) is 5.79. The molecule has 2 unspecified atom stereocenters. The molecule has 1 rings (SSSR count). The molecule has 1 aliphatic carbocycles. The van der Waals surface area contributed by atoms with Gasteiger partial charge in [0.25, 0.3) is 0 Å². The molecule has 0 radical (unpaired) electrons. The third-order valence-electron chi connectivity index (χ3n) is 3.44. The molecule has 1 heteroatoms. The van der Waals surface area contributed by atoms with E-state index in [-0.39, 0.29) is 0 Å². The average molecular weight is 132 g/mol. The van der Waals surface area contributed by atoms with Crippen LogP contribution in [-0.2, 0) is 0 Å². The standard InChI is InChI=1S/C9H17.Li/c1-3-8-5-6-9(4-2)7-8;/h7-9H,3-6H2,1-2H3;. The number of hydrogen-bond donors (Lipinski definition) is 0. The van der Waals surface area contributed by atoms with Gasteiger partial charge in [-0.25, -0.2) is 0 Å². The Hall–Kier alpha value is 0.597. The van der Waals surface area contributed by atoms with Crippen LogP contribution in [-0.4, -0.2) is 17.7 Å². The summed E-state index contributed by atoms with van der Waals surface area (Å²) < 4.78 is 1.01. The fraction of sp³-hybridized carbons (Fsp3) is 1.00. The van der Waals surface area contributed by atoms with Crippen LogP contribution >= 0.6 is 0 Å². The number of hydrogen-bond acceptors (Lipinski definition) is 0. The zero-order valence-corrected chi connectivity index (χ0v) is 7.56. The van der Waals surface area contributed by atoms with E-state index in [4.69, 9.17) is 0 Å². The van der Waals surface area contributed by atoms with Crippen LogP contribution in [0.2, 0.25) is 4.59 Å². The molecule has 0 heterocycles. The van der Waals surface area contributed by atoms with Gasteiger partial charge in [-0.3, -0.25) is 0 Å². The van der Waals surface area contributed by atoms with E-state index in [9.17, 15) is 0 Å². The van der Waals surface area contributed by atoms with Gasteiger partial charge in [0, 0.05) is 0 Å². The minimum absolute atomic E-state index is 1.01. The molecular formula is C9H17Li. The van der Waals surface area contributed by atoms with Crippen molar-refractivity contribution in [2.45, 2.75) is 44.1 Å². The molecule has 2 atom stereocenters. The third kappa shape index (κ3) is 1.60. The zero-order valence-electron chi connectivity index (χ0n) is 7.56. The molecule has 0 aromatic heterocycles. The Morgan fingerprint density at radius 3 is 1.70 bits per heavy atom. The van der Waals surface area contributed by atoms with Crippen molar-refractivity contribution in [3.05, 3.63) is 0 Å². The molecule has 0 saturated heterocycles. The van der Waals surface area contributed by atoms with Crippen LogP contribution in [0.3, 0.4) is 0 Å². The molecule has 0 N–H and O–H groups in total. The Kier molecular flexibility index (Phi) is 3.33. The maximum absolute atomic E-state index is 2.44. The fourth-order valence-electron chi connectivity index (χ4n) is 2.49. The molecule has 54 valence electrons. The van der Waals surface area contributed by atoms with E-state index >= 15 is 0 Å². The quantitative estimate of drug-likeness (QED) is 0.507. The minimum atomic E-state index is 1.01. The molecule has 0 nitrogen and oxygen atoms in total. The third-order valence-corrected chi connectivity index (χ3v) is 3.44. The van der Waals surface area contributed by atoms with Crippen molar-refractivity contribution in [1.82, 2.24) is 0 Å². The Bertz CT molecular complexity index is 88.9. The zero-order chi connectivity index (χ0) is 7.56. The molecule has 0 spiro atoms. The number of rotatable bonds is 2. The van der Waals surface area contributed by atoms with Gasteiger partial charge in [0.2, 0.25) is 0 Å². The molecule has 0 aromatic carbocycles. The van der Waals surface area contributed by atoms with Crippen LogP contribution in [0.1, 0.15) is 39.5 Å². The molecule has 0 aliphatic heterocycles. The predicted octanol–water partition coefficient (Wildman–Crippen LogP) is 2.79. The normalized spacial score (nSPS) is 40.6. The van der Waals surface area contributed by atoms with Gasteiger partial charge in [0.15, 0.2) is 0 Å². The molecule has 0 aromatic rings. The van der Waals surface area contributed by atoms with Gasteiger partial charge < -0.3 is 0 Å². The van der Waals surface area contributed by atoms with Crippen molar-refractivity contribution in [3.8, 4) is 0 Å². The summed E-state index contributed by atoms with van der Waals surface area (Å²) >= 11 is 2.44. The Morgan fingerprint density at radius 1 is 1.10 bits per heavy atom. The topological polar surface area (TPSA) is 0 Å². The summed E-state index contributed by atoms with van der Waals surface area (Å²) in [6, 6.07) is 0. The van der Waals surface area contributed by atoms with Crippen molar-refractivity contribution in [2.75, 3.05) is 0 Å². The Labute approximate surface area is 74.0 Å². The summed E-state index contributed by atoms with van der Waals surface area (Å²) in [6.45, 7) is 4.67. The molecule has 1 saturated carbocycles. The Morgan fingerprint density at radius 2 is 1.50 bits per heavy atom. The van der Waals surface area contributed by atoms with Crippen LogP contribution in [0.4, 0.5) is 0 Å². The van der Waals surface area contributed by atoms with E-state index in [1.54, 1.807) is 0 Å². The average Bonchev–Trinajstić information content (AvgIpc) is 2.30. The second-order valence-corrected chi connectivity index (χ2v) is 3.77. The van der Waals surface area contributed by atoms with Crippen LogP contribution in [0.25, 0.3) is 0 Å². The monoisotopic (exact) mass is 132 g/mol. The molecule has 1 aliphatic rings. The van der Waals surface area contributed by atoms with E-state index in [1.165, 1.54) is 25.7 Å². The maximum atomic E-state index is 2.44. The van der Waals surface area contributed by atoms with E-state index in [0.717, 1.165) is 16.4 Å². The van der Waals surface area contributed by atoms with E-state index < -0.39 is 0 Å². The SMILES string of the molecule is [Li][CH]1C(CC)CCC1CC. The van der Waals surface area contributed by atoms with Crippen molar-refractivity contribution < 1.29 is 0 Å². The second kappa shape index (κ2) is 3.84. The molecular weight excluding hydrogens is 115 g/mol. The van der Waals surface area contributed by atoms with Crippen LogP contribution in [0, 0.1) is 11.8 Å². The summed E-state index contributed by atoms with van der Waals surface area (Å²) in [5.74, 6) is 2.09. The van der Waals surface area contributed by atoms with Gasteiger partial charge in [-0.05, 0) is 0 Å². The van der Waals surface area contributed by atoms with Gasteiger partial charge in [0.1, 0.15) is 0 Å². The first kappa shape index (κ1) is 8.69. The van der Waals surface area contributed by atoms with Crippen molar-refractivity contribution in [3.63, 3.8) is 0 Å². The van der Waals surface area contributed by atoms with Crippen LogP contribution < -0.4 is 0 Å². The first-order valence-electron chi connectivity index (χ1n) is 4.79. The summed E-state index contributed by atoms with van der Waals surface area (Å²) in [5.41, 5.74) is 0. The van der Waals surface area contributed by atoms with Gasteiger partial charge in [-0.15, -0.1) is 0 Å². The van der Waals surface area contributed by atoms with E-state index in [1.807, 2.05) is 0 Å². The van der Waals surface area contributed by atoms with Crippen molar-refractivity contribution in [2.24, 2.45) is 11.8 Å². The van der Waals surface area contributed by atoms with Crippen molar-refractivity contribution >= 4 is 17.7 Å². The molecule has 0 amide bonds. The predicted molar refractivity (Wildman–Crippen MR) is 46.3 cm³/mol. The first-order valence-corrected chi connectivity index (χ1v) is 4.79. The summed E-state index contributed by atoms with van der Waals surface area (Å²) in [7, 11) is 0. The fourth-order valence-corrected chi connectivity index (χ4v) is 2.49. The van der Waals surface area contributed by atoms with Crippen LogP contribution in [0.5, 0.6) is 0 Å². The van der Waals surface area contributed by atoms with E-state index in [0.29, 0.717) is 0 Å². The first-order chi connectivity index (χ1) is 4.79. The van der Waals surface area contributed by atoms with Crippen molar-refractivity contribution in [1.29, 1.82) is 0 Å². The van der Waals surface area contributed by atoms with E-state index in [2.05, 4.69) is 31.6 Å². The molecule has 0 bridgehead atoms. The van der Waals surface area contributed by atoms with Gasteiger partial charge in [-0.2, -0.15) is 0 Å². The molecule has 1 fully saturated rings. The summed E-state index contributed by atoms with van der Waals surface area (Å²) in [5, 5.41) is 0. The summed E-state index contributed by atoms with van der Waals surface area (Å²) in [4.78, 5) is 0.